The van der Waals surface area contributed by atoms with Crippen molar-refractivity contribution in [3.63, 3.8) is 0 Å². The van der Waals surface area contributed by atoms with Gasteiger partial charge in [-0.1, -0.05) is 13.3 Å². The molecule has 0 atom stereocenters. The summed E-state index contributed by atoms with van der Waals surface area (Å²) in [6.45, 7) is 2.21. The average molecular weight is 264 g/mol. The van der Waals surface area contributed by atoms with E-state index in [2.05, 4.69) is 11.9 Å². The topological polar surface area (TPSA) is 33.2 Å². The molecule has 1 aromatic heterocycles. The maximum atomic E-state index is 13.5. The van der Waals surface area contributed by atoms with E-state index in [1.807, 2.05) is 0 Å². The minimum Gasteiger partial charge on any atom is -0.339 e. The summed E-state index contributed by atoms with van der Waals surface area (Å²) in [6, 6.07) is 3.33. The van der Waals surface area contributed by atoms with E-state index in [-0.39, 0.29) is 17.5 Å². The molecule has 1 saturated carbocycles. The van der Waals surface area contributed by atoms with Crippen LogP contribution in [0.5, 0.6) is 0 Å². The molecule has 1 aromatic rings. The van der Waals surface area contributed by atoms with Gasteiger partial charge in [0.2, 0.25) is 5.95 Å². The van der Waals surface area contributed by atoms with Gasteiger partial charge >= 0.3 is 0 Å². The van der Waals surface area contributed by atoms with Crippen LogP contribution >= 0.6 is 0 Å². The van der Waals surface area contributed by atoms with E-state index in [1.54, 1.807) is 18.0 Å². The van der Waals surface area contributed by atoms with Crippen molar-refractivity contribution < 1.29 is 9.18 Å². The molecule has 19 heavy (non-hydrogen) atoms. The zero-order valence-electron chi connectivity index (χ0n) is 11.6. The molecule has 104 valence electrons. The van der Waals surface area contributed by atoms with Crippen molar-refractivity contribution in [1.29, 1.82) is 0 Å². The zero-order chi connectivity index (χ0) is 13.8. The third kappa shape index (κ3) is 3.11. The second-order valence-electron chi connectivity index (χ2n) is 5.34. The van der Waals surface area contributed by atoms with Gasteiger partial charge in [-0.05, 0) is 43.7 Å². The molecule has 0 aromatic carbocycles. The minimum absolute atomic E-state index is 0.0719. The van der Waals surface area contributed by atoms with Crippen molar-refractivity contribution in [2.24, 2.45) is 5.92 Å². The van der Waals surface area contributed by atoms with E-state index in [4.69, 9.17) is 0 Å². The van der Waals surface area contributed by atoms with E-state index in [1.165, 1.54) is 18.7 Å². The molecule has 1 heterocycles. The van der Waals surface area contributed by atoms with Crippen LogP contribution < -0.4 is 0 Å². The van der Waals surface area contributed by atoms with E-state index in [0.29, 0.717) is 0 Å². The lowest BCUT2D eigenvalue weighted by Gasteiger charge is -2.34. The Labute approximate surface area is 113 Å². The van der Waals surface area contributed by atoms with Crippen molar-refractivity contribution in [3.8, 4) is 0 Å². The molecule has 2 rings (SSSR count). The molecule has 0 radical (unpaired) electrons. The number of aromatic nitrogens is 1. The predicted octanol–water partition coefficient (Wildman–Crippen LogP) is 3.26. The van der Waals surface area contributed by atoms with Gasteiger partial charge in [-0.2, -0.15) is 4.39 Å². The van der Waals surface area contributed by atoms with Gasteiger partial charge in [0.05, 0.1) is 5.56 Å². The summed E-state index contributed by atoms with van der Waals surface area (Å²) < 4.78 is 13.5. The Morgan fingerprint density at radius 3 is 2.68 bits per heavy atom. The maximum Gasteiger partial charge on any atom is 0.258 e. The van der Waals surface area contributed by atoms with Gasteiger partial charge in [-0.15, -0.1) is 0 Å². The number of hydrogen-bond donors (Lipinski definition) is 0. The Morgan fingerprint density at radius 1 is 1.42 bits per heavy atom. The molecule has 1 aliphatic rings. The fourth-order valence-corrected chi connectivity index (χ4v) is 2.84. The Bertz CT molecular complexity index is 442. The number of hydrogen-bond acceptors (Lipinski definition) is 2. The van der Waals surface area contributed by atoms with Gasteiger partial charge < -0.3 is 4.90 Å². The van der Waals surface area contributed by atoms with Crippen molar-refractivity contribution >= 4 is 5.91 Å². The first-order valence-corrected chi connectivity index (χ1v) is 7.01. The zero-order valence-corrected chi connectivity index (χ0v) is 11.6. The van der Waals surface area contributed by atoms with Crippen molar-refractivity contribution in [1.82, 2.24) is 9.88 Å². The summed E-state index contributed by atoms with van der Waals surface area (Å²) in [5.74, 6) is -0.151. The minimum atomic E-state index is -0.679. The molecular weight excluding hydrogens is 243 g/mol. The summed E-state index contributed by atoms with van der Waals surface area (Å²) in [7, 11) is 1.77. The van der Waals surface area contributed by atoms with Crippen molar-refractivity contribution in [2.75, 3.05) is 7.05 Å². The molecule has 0 saturated heterocycles. The average Bonchev–Trinajstić information content (AvgIpc) is 2.46. The van der Waals surface area contributed by atoms with Crippen LogP contribution in [0, 0.1) is 11.9 Å². The fraction of sp³-hybridized carbons (Fsp3) is 0.600. The lowest BCUT2D eigenvalue weighted by molar-refractivity contribution is 0.0669. The van der Waals surface area contributed by atoms with E-state index in [0.717, 1.165) is 31.6 Å². The van der Waals surface area contributed by atoms with E-state index >= 15 is 0 Å². The molecule has 3 nitrogen and oxygen atoms in total. The molecule has 0 bridgehead atoms. The lowest BCUT2D eigenvalue weighted by Crippen LogP contribution is -2.39. The summed E-state index contributed by atoms with van der Waals surface area (Å²) in [6.07, 6.45) is 6.92. The second kappa shape index (κ2) is 6.13. The first-order chi connectivity index (χ1) is 9.13. The highest BCUT2D eigenvalue weighted by atomic mass is 19.1. The van der Waals surface area contributed by atoms with Crippen LogP contribution in [0.1, 0.15) is 49.4 Å². The van der Waals surface area contributed by atoms with Gasteiger partial charge in [-0.25, -0.2) is 4.98 Å². The summed E-state index contributed by atoms with van der Waals surface area (Å²) in [5.41, 5.74) is 0.0719. The van der Waals surface area contributed by atoms with Gasteiger partial charge in [0.25, 0.3) is 5.91 Å². The van der Waals surface area contributed by atoms with Crippen molar-refractivity contribution in [2.45, 2.75) is 45.1 Å². The Kier molecular flexibility index (Phi) is 4.51. The number of rotatable bonds is 3. The third-order valence-corrected chi connectivity index (χ3v) is 4.25. The number of carbonyl (C=O) groups excluding carboxylic acids is 1. The van der Waals surface area contributed by atoms with Crippen LogP contribution in [0.2, 0.25) is 0 Å². The van der Waals surface area contributed by atoms with E-state index < -0.39 is 5.95 Å². The van der Waals surface area contributed by atoms with Gasteiger partial charge in [0.1, 0.15) is 0 Å². The highest BCUT2D eigenvalue weighted by molar-refractivity contribution is 5.94. The third-order valence-electron chi connectivity index (χ3n) is 4.25. The summed E-state index contributed by atoms with van der Waals surface area (Å²) in [4.78, 5) is 17.5. The quantitative estimate of drug-likeness (QED) is 0.785. The SMILES string of the molecule is CCC1CCC(N(C)C(=O)c2cccnc2F)CC1. The number of halogens is 1. The molecule has 1 aliphatic carbocycles. The Hall–Kier alpha value is -1.45. The van der Waals surface area contributed by atoms with Crippen LogP contribution in [0.15, 0.2) is 18.3 Å². The first-order valence-electron chi connectivity index (χ1n) is 7.01. The standard InChI is InChI=1S/C15H21FN2O/c1-3-11-6-8-12(9-7-11)18(2)15(19)13-5-4-10-17-14(13)16/h4-5,10-12H,3,6-9H2,1-2H3. The first kappa shape index (κ1) is 14.0. The second-order valence-corrected chi connectivity index (χ2v) is 5.34. The van der Waals surface area contributed by atoms with Crippen molar-refractivity contribution in [3.05, 3.63) is 29.8 Å². The number of nitrogens with zero attached hydrogens (tertiary/aromatic N) is 2. The molecule has 4 heteroatoms. The van der Waals surface area contributed by atoms with Crippen LogP contribution in [0.3, 0.4) is 0 Å². The molecule has 0 spiro atoms. The van der Waals surface area contributed by atoms with Gasteiger partial charge in [-0.3, -0.25) is 4.79 Å². The normalized spacial score (nSPS) is 23.1. The highest BCUT2D eigenvalue weighted by Crippen LogP contribution is 2.29. The van der Waals surface area contributed by atoms with Crippen LogP contribution in [0.4, 0.5) is 4.39 Å². The molecule has 0 N–H and O–H groups in total. The molecule has 1 amide bonds. The highest BCUT2D eigenvalue weighted by Gasteiger charge is 2.27. The smallest absolute Gasteiger partial charge is 0.258 e. The van der Waals surface area contributed by atoms with Crippen LogP contribution in [-0.4, -0.2) is 28.9 Å². The van der Waals surface area contributed by atoms with Crippen LogP contribution in [0.25, 0.3) is 0 Å². The van der Waals surface area contributed by atoms with Gasteiger partial charge in [0.15, 0.2) is 0 Å². The summed E-state index contributed by atoms with van der Waals surface area (Å²) in [5, 5.41) is 0. The molecular formula is C15H21FN2O. The molecule has 0 aliphatic heterocycles. The fourth-order valence-electron chi connectivity index (χ4n) is 2.84. The number of amides is 1. The molecule has 0 unspecified atom stereocenters. The molecule has 1 fully saturated rings. The van der Waals surface area contributed by atoms with Gasteiger partial charge in [0, 0.05) is 19.3 Å². The number of pyridine rings is 1. The van der Waals surface area contributed by atoms with E-state index in [9.17, 15) is 9.18 Å². The Morgan fingerprint density at radius 2 is 2.11 bits per heavy atom. The number of carbonyl (C=O) groups is 1. The van der Waals surface area contributed by atoms with Crippen LogP contribution in [-0.2, 0) is 0 Å². The summed E-state index contributed by atoms with van der Waals surface area (Å²) >= 11 is 0. The Balaban J connectivity index is 2.02. The maximum absolute atomic E-state index is 13.5. The largest absolute Gasteiger partial charge is 0.339 e. The predicted molar refractivity (Wildman–Crippen MR) is 72.3 cm³/mol. The lowest BCUT2D eigenvalue weighted by atomic mass is 9.84. The monoisotopic (exact) mass is 264 g/mol.